The molecule has 0 fully saturated rings. The lowest BCUT2D eigenvalue weighted by molar-refractivity contribution is -0.129. The van der Waals surface area contributed by atoms with Crippen LogP contribution in [-0.2, 0) is 9.53 Å². The maximum atomic E-state index is 12.3. The molecule has 3 rings (SSSR count). The Hall–Kier alpha value is -4.13. The third-order valence-corrected chi connectivity index (χ3v) is 4.31. The van der Waals surface area contributed by atoms with Crippen molar-refractivity contribution < 1.29 is 24.2 Å². The zero-order valence-electron chi connectivity index (χ0n) is 16.2. The van der Waals surface area contributed by atoms with Gasteiger partial charge in [0.1, 0.15) is 5.75 Å². The molecule has 0 aliphatic heterocycles. The first-order valence-electron chi connectivity index (χ1n) is 9.20. The highest BCUT2D eigenvalue weighted by atomic mass is 16.5. The fourth-order valence-electron chi connectivity index (χ4n) is 2.62. The normalized spacial score (nSPS) is 11.2. The van der Waals surface area contributed by atoms with E-state index in [0.29, 0.717) is 5.56 Å². The molecule has 7 nitrogen and oxygen atoms in total. The van der Waals surface area contributed by atoms with Crippen LogP contribution in [0.1, 0.15) is 27.6 Å². The van der Waals surface area contributed by atoms with Crippen LogP contribution < -0.4 is 10.9 Å². The number of esters is 1. The Morgan fingerprint density at radius 1 is 0.767 bits per heavy atom. The van der Waals surface area contributed by atoms with Crippen molar-refractivity contribution in [2.75, 3.05) is 0 Å². The molecule has 7 heteroatoms. The van der Waals surface area contributed by atoms with Gasteiger partial charge in [-0.25, -0.2) is 4.79 Å². The van der Waals surface area contributed by atoms with Crippen LogP contribution in [0.4, 0.5) is 0 Å². The number of hydrogen-bond donors (Lipinski definition) is 3. The number of carbonyl (C=O) groups is 3. The Morgan fingerprint density at radius 2 is 1.33 bits per heavy atom. The molecule has 0 spiro atoms. The van der Waals surface area contributed by atoms with Crippen LogP contribution in [0.25, 0.3) is 11.1 Å². The minimum absolute atomic E-state index is 0.172. The van der Waals surface area contributed by atoms with Crippen molar-refractivity contribution in [2.45, 2.75) is 13.0 Å². The first-order valence-corrected chi connectivity index (χ1v) is 9.20. The maximum Gasteiger partial charge on any atom is 0.338 e. The van der Waals surface area contributed by atoms with Crippen LogP contribution >= 0.6 is 0 Å². The summed E-state index contributed by atoms with van der Waals surface area (Å²) in [5.74, 6) is -1.63. The van der Waals surface area contributed by atoms with Crippen LogP contribution in [0, 0.1) is 0 Å². The summed E-state index contributed by atoms with van der Waals surface area (Å²) < 4.78 is 5.16. The van der Waals surface area contributed by atoms with Gasteiger partial charge in [0.05, 0.1) is 5.56 Å². The second-order valence-electron chi connectivity index (χ2n) is 6.48. The number of amides is 2. The van der Waals surface area contributed by atoms with Gasteiger partial charge in [-0.1, -0.05) is 42.5 Å². The number of phenols is 1. The number of ether oxygens (including phenoxy) is 1. The minimum atomic E-state index is -1.11. The molecule has 0 unspecified atom stereocenters. The average molecular weight is 404 g/mol. The largest absolute Gasteiger partial charge is 0.508 e. The van der Waals surface area contributed by atoms with Crippen LogP contribution in [0.5, 0.6) is 5.75 Å². The Bertz CT molecular complexity index is 1030. The van der Waals surface area contributed by atoms with Gasteiger partial charge < -0.3 is 9.84 Å². The van der Waals surface area contributed by atoms with Gasteiger partial charge in [0.2, 0.25) is 0 Å². The lowest BCUT2D eigenvalue weighted by Gasteiger charge is -2.14. The van der Waals surface area contributed by atoms with Crippen molar-refractivity contribution in [1.29, 1.82) is 0 Å². The Balaban J connectivity index is 1.53. The van der Waals surface area contributed by atoms with E-state index in [1.54, 1.807) is 78.9 Å². The van der Waals surface area contributed by atoms with Crippen LogP contribution in [0.3, 0.4) is 0 Å². The van der Waals surface area contributed by atoms with Crippen LogP contribution in [-0.4, -0.2) is 29.0 Å². The molecule has 152 valence electrons. The van der Waals surface area contributed by atoms with Crippen molar-refractivity contribution in [3.8, 4) is 16.9 Å². The Kier molecular flexibility index (Phi) is 6.44. The van der Waals surface area contributed by atoms with E-state index in [2.05, 4.69) is 10.9 Å². The molecule has 0 bridgehead atoms. The van der Waals surface area contributed by atoms with Crippen molar-refractivity contribution in [1.82, 2.24) is 10.9 Å². The van der Waals surface area contributed by atoms with E-state index in [0.717, 1.165) is 11.1 Å². The molecule has 3 aromatic carbocycles. The van der Waals surface area contributed by atoms with Gasteiger partial charge in [0.25, 0.3) is 11.8 Å². The van der Waals surface area contributed by atoms with Crippen molar-refractivity contribution >= 4 is 17.8 Å². The zero-order chi connectivity index (χ0) is 21.5. The summed E-state index contributed by atoms with van der Waals surface area (Å²) in [6.45, 7) is 1.41. The smallest absolute Gasteiger partial charge is 0.338 e. The molecule has 0 aliphatic carbocycles. The van der Waals surface area contributed by atoms with Crippen LogP contribution in [0.15, 0.2) is 78.9 Å². The van der Waals surface area contributed by atoms with E-state index >= 15 is 0 Å². The van der Waals surface area contributed by atoms with E-state index < -0.39 is 23.9 Å². The van der Waals surface area contributed by atoms with Crippen molar-refractivity contribution in [3.05, 3.63) is 90.0 Å². The average Bonchev–Trinajstić information content (AvgIpc) is 2.78. The summed E-state index contributed by atoms with van der Waals surface area (Å²) in [7, 11) is 0. The van der Waals surface area contributed by atoms with E-state index in [9.17, 15) is 19.5 Å². The monoisotopic (exact) mass is 404 g/mol. The van der Waals surface area contributed by atoms with Gasteiger partial charge in [0, 0.05) is 5.56 Å². The predicted octanol–water partition coefficient (Wildman–Crippen LogP) is 3.07. The highest BCUT2D eigenvalue weighted by molar-refractivity contribution is 5.96. The number of phenolic OH excluding ortho intramolecular Hbond substituents is 1. The second kappa shape index (κ2) is 9.38. The fourth-order valence-corrected chi connectivity index (χ4v) is 2.62. The molecule has 0 saturated carbocycles. The number of benzene rings is 3. The number of nitrogens with one attached hydrogen (secondary N) is 2. The summed E-state index contributed by atoms with van der Waals surface area (Å²) in [4.78, 5) is 36.3. The minimum Gasteiger partial charge on any atom is -0.508 e. The third kappa shape index (κ3) is 5.23. The molecular formula is C23H20N2O5. The number of hydrogen-bond acceptors (Lipinski definition) is 5. The summed E-state index contributed by atoms with van der Waals surface area (Å²) in [6.07, 6.45) is -1.11. The van der Waals surface area contributed by atoms with E-state index in [4.69, 9.17) is 4.74 Å². The predicted molar refractivity (Wildman–Crippen MR) is 110 cm³/mol. The first kappa shape index (κ1) is 20.6. The van der Waals surface area contributed by atoms with Gasteiger partial charge in [0.15, 0.2) is 6.10 Å². The molecule has 0 aliphatic rings. The van der Waals surface area contributed by atoms with Crippen molar-refractivity contribution in [2.24, 2.45) is 0 Å². The summed E-state index contributed by atoms with van der Waals surface area (Å²) in [6, 6.07) is 21.7. The maximum absolute atomic E-state index is 12.3. The summed E-state index contributed by atoms with van der Waals surface area (Å²) >= 11 is 0. The van der Waals surface area contributed by atoms with Gasteiger partial charge in [-0.05, 0) is 54.4 Å². The fraction of sp³-hybridized carbons (Fsp3) is 0.0870. The molecule has 0 saturated heterocycles. The van der Waals surface area contributed by atoms with E-state index in [1.165, 1.54) is 6.92 Å². The SMILES string of the molecule is C[C@@H](OC(=O)c1ccc(-c2ccc(O)cc2)cc1)C(=O)NNC(=O)c1ccccc1. The van der Waals surface area contributed by atoms with Gasteiger partial charge in [-0.15, -0.1) is 0 Å². The molecular weight excluding hydrogens is 384 g/mol. The molecule has 3 N–H and O–H groups in total. The third-order valence-electron chi connectivity index (χ3n) is 4.31. The number of hydrazine groups is 1. The molecule has 2 amide bonds. The first-order chi connectivity index (χ1) is 14.4. The zero-order valence-corrected chi connectivity index (χ0v) is 16.2. The molecule has 0 heterocycles. The van der Waals surface area contributed by atoms with Crippen LogP contribution in [0.2, 0.25) is 0 Å². The quantitative estimate of drug-likeness (QED) is 0.448. The highest BCUT2D eigenvalue weighted by Crippen LogP contribution is 2.22. The van der Waals surface area contributed by atoms with Gasteiger partial charge in [-0.3, -0.25) is 20.4 Å². The molecule has 3 aromatic rings. The number of aromatic hydroxyl groups is 1. The number of rotatable bonds is 5. The standard InChI is InChI=1S/C23H20N2O5/c1-15(21(27)24-25-22(28)18-5-3-2-4-6-18)30-23(29)19-9-7-16(8-10-19)17-11-13-20(26)14-12-17/h2-15,26H,1H3,(H,24,27)(H,25,28)/t15-/m1/s1. The van der Waals surface area contributed by atoms with E-state index in [1.807, 2.05) is 0 Å². The lowest BCUT2D eigenvalue weighted by atomic mass is 10.0. The lowest BCUT2D eigenvalue weighted by Crippen LogP contribution is -2.46. The summed E-state index contributed by atoms with van der Waals surface area (Å²) in [5, 5.41) is 9.36. The van der Waals surface area contributed by atoms with Gasteiger partial charge >= 0.3 is 5.97 Å². The molecule has 0 aromatic heterocycles. The molecule has 0 radical (unpaired) electrons. The second-order valence-corrected chi connectivity index (χ2v) is 6.48. The Labute approximate surface area is 173 Å². The van der Waals surface area contributed by atoms with Gasteiger partial charge in [-0.2, -0.15) is 0 Å². The topological polar surface area (TPSA) is 105 Å². The molecule has 1 atom stereocenters. The number of carbonyl (C=O) groups excluding carboxylic acids is 3. The Morgan fingerprint density at radius 3 is 1.93 bits per heavy atom. The molecule has 30 heavy (non-hydrogen) atoms. The van der Waals surface area contributed by atoms with Crippen molar-refractivity contribution in [3.63, 3.8) is 0 Å². The highest BCUT2D eigenvalue weighted by Gasteiger charge is 2.19. The summed E-state index contributed by atoms with van der Waals surface area (Å²) in [5.41, 5.74) is 6.93. The van der Waals surface area contributed by atoms with E-state index in [-0.39, 0.29) is 11.3 Å².